The lowest BCUT2D eigenvalue weighted by molar-refractivity contribution is 0.0837. The molecule has 2 aromatic heterocycles. The standard InChI is InChI=1S/C16H18ClN5O2/c17-15-5-14(20-10-21-15)16(24)19-7-13(23)9-22-4-2-11-1-3-18-6-12(11)8-22/h1,3,5-6,10,13,23H,2,4,7-9H2,(H,19,24)/t13-/m0/s1. The molecule has 3 rings (SSSR count). The molecule has 0 spiro atoms. The average molecular weight is 348 g/mol. The summed E-state index contributed by atoms with van der Waals surface area (Å²) in [6.07, 6.45) is 5.18. The smallest absolute Gasteiger partial charge is 0.270 e. The summed E-state index contributed by atoms with van der Waals surface area (Å²) in [7, 11) is 0. The number of amides is 1. The van der Waals surface area contributed by atoms with Gasteiger partial charge in [-0.05, 0) is 23.6 Å². The number of carbonyl (C=O) groups excluding carboxylic acids is 1. The predicted molar refractivity (Wildman–Crippen MR) is 88.6 cm³/mol. The number of pyridine rings is 1. The third-order valence-electron chi connectivity index (χ3n) is 3.93. The van der Waals surface area contributed by atoms with Crippen molar-refractivity contribution in [3.8, 4) is 0 Å². The van der Waals surface area contributed by atoms with Crippen LogP contribution in [0.15, 0.2) is 30.9 Å². The molecule has 0 bridgehead atoms. The maximum atomic E-state index is 12.0. The summed E-state index contributed by atoms with van der Waals surface area (Å²) in [5.74, 6) is -0.383. The number of nitrogens with one attached hydrogen (secondary N) is 1. The van der Waals surface area contributed by atoms with Crippen molar-refractivity contribution in [3.05, 3.63) is 52.8 Å². The fourth-order valence-corrected chi connectivity index (χ4v) is 2.86. The second kappa shape index (κ2) is 7.65. The van der Waals surface area contributed by atoms with E-state index in [0.29, 0.717) is 6.54 Å². The number of fused-ring (bicyclic) bond motifs is 1. The minimum atomic E-state index is -0.663. The van der Waals surface area contributed by atoms with Gasteiger partial charge in [0.05, 0.1) is 6.10 Å². The molecule has 0 radical (unpaired) electrons. The van der Waals surface area contributed by atoms with Gasteiger partial charge >= 0.3 is 0 Å². The van der Waals surface area contributed by atoms with Gasteiger partial charge in [0.15, 0.2) is 0 Å². The molecular weight excluding hydrogens is 330 g/mol. The molecule has 24 heavy (non-hydrogen) atoms. The van der Waals surface area contributed by atoms with Crippen LogP contribution in [0.4, 0.5) is 0 Å². The molecular formula is C16H18ClN5O2. The molecule has 8 heteroatoms. The molecule has 7 nitrogen and oxygen atoms in total. The van der Waals surface area contributed by atoms with Crippen LogP contribution < -0.4 is 5.32 Å². The van der Waals surface area contributed by atoms with Gasteiger partial charge in [-0.3, -0.25) is 14.7 Å². The number of aliphatic hydroxyl groups excluding tert-OH is 1. The first kappa shape index (κ1) is 16.8. The number of nitrogens with zero attached hydrogens (tertiary/aromatic N) is 4. The number of rotatable bonds is 5. The lowest BCUT2D eigenvalue weighted by Gasteiger charge is -2.30. The van der Waals surface area contributed by atoms with E-state index < -0.39 is 6.10 Å². The molecule has 2 aromatic rings. The van der Waals surface area contributed by atoms with E-state index in [9.17, 15) is 9.90 Å². The van der Waals surface area contributed by atoms with E-state index in [1.807, 2.05) is 12.3 Å². The van der Waals surface area contributed by atoms with Crippen LogP contribution in [0.25, 0.3) is 0 Å². The molecule has 2 N–H and O–H groups in total. The highest BCUT2D eigenvalue weighted by Gasteiger charge is 2.19. The summed E-state index contributed by atoms with van der Waals surface area (Å²) in [4.78, 5) is 25.8. The van der Waals surface area contributed by atoms with Crippen molar-refractivity contribution < 1.29 is 9.90 Å². The molecule has 0 fully saturated rings. The lowest BCUT2D eigenvalue weighted by Crippen LogP contribution is -2.42. The summed E-state index contributed by atoms with van der Waals surface area (Å²) < 4.78 is 0. The first-order chi connectivity index (χ1) is 11.6. The fourth-order valence-electron chi connectivity index (χ4n) is 2.72. The van der Waals surface area contributed by atoms with Crippen molar-refractivity contribution in [2.45, 2.75) is 19.1 Å². The number of halogens is 1. The minimum absolute atomic E-state index is 0.150. The predicted octanol–water partition coefficient (Wildman–Crippen LogP) is 0.674. The van der Waals surface area contributed by atoms with Crippen LogP contribution in [-0.2, 0) is 13.0 Å². The monoisotopic (exact) mass is 347 g/mol. The third-order valence-corrected chi connectivity index (χ3v) is 4.14. The van der Waals surface area contributed by atoms with Crippen LogP contribution in [0.2, 0.25) is 5.15 Å². The Morgan fingerprint density at radius 1 is 1.42 bits per heavy atom. The van der Waals surface area contributed by atoms with E-state index in [1.54, 1.807) is 6.20 Å². The second-order valence-electron chi connectivity index (χ2n) is 5.72. The van der Waals surface area contributed by atoms with Crippen molar-refractivity contribution in [2.75, 3.05) is 19.6 Å². The Kier molecular flexibility index (Phi) is 5.34. The Balaban J connectivity index is 1.48. The van der Waals surface area contributed by atoms with E-state index in [-0.39, 0.29) is 23.3 Å². The van der Waals surface area contributed by atoms with Gasteiger partial charge in [0.2, 0.25) is 0 Å². The Labute approximate surface area is 144 Å². The van der Waals surface area contributed by atoms with Crippen molar-refractivity contribution in [1.29, 1.82) is 0 Å². The van der Waals surface area contributed by atoms with Crippen molar-refractivity contribution in [2.24, 2.45) is 0 Å². The summed E-state index contributed by atoms with van der Waals surface area (Å²) in [5.41, 5.74) is 2.68. The number of aliphatic hydroxyl groups is 1. The molecule has 0 aromatic carbocycles. The summed E-state index contributed by atoms with van der Waals surface area (Å²) in [5, 5.41) is 13.0. The zero-order valence-corrected chi connectivity index (χ0v) is 13.8. The number of carbonyl (C=O) groups is 1. The highest BCUT2D eigenvalue weighted by molar-refractivity contribution is 6.29. The van der Waals surface area contributed by atoms with Crippen LogP contribution in [0.5, 0.6) is 0 Å². The number of hydrogen-bond donors (Lipinski definition) is 2. The molecule has 1 aliphatic heterocycles. The van der Waals surface area contributed by atoms with Crippen molar-refractivity contribution in [1.82, 2.24) is 25.2 Å². The van der Waals surface area contributed by atoms with Crippen molar-refractivity contribution in [3.63, 3.8) is 0 Å². The van der Waals surface area contributed by atoms with E-state index in [1.165, 1.54) is 23.5 Å². The average Bonchev–Trinajstić information content (AvgIpc) is 2.59. The van der Waals surface area contributed by atoms with Gasteiger partial charge in [-0.15, -0.1) is 0 Å². The van der Waals surface area contributed by atoms with Gasteiger partial charge in [0.25, 0.3) is 5.91 Å². The van der Waals surface area contributed by atoms with Crippen LogP contribution in [0, 0.1) is 0 Å². The topological polar surface area (TPSA) is 91.2 Å². The summed E-state index contributed by atoms with van der Waals surface area (Å²) >= 11 is 5.73. The highest BCUT2D eigenvalue weighted by Crippen LogP contribution is 2.17. The number of β-amino-alcohol motifs (C(OH)–C–C–N with tert-alkyl or cyclic N) is 1. The van der Waals surface area contributed by atoms with Gasteiger partial charge < -0.3 is 10.4 Å². The van der Waals surface area contributed by atoms with Gasteiger partial charge in [-0.2, -0.15) is 0 Å². The SMILES string of the molecule is O=C(NC[C@H](O)CN1CCc2ccncc2C1)c1cc(Cl)ncn1. The quantitative estimate of drug-likeness (QED) is 0.773. The summed E-state index contributed by atoms with van der Waals surface area (Å²) in [6, 6.07) is 3.42. The third kappa shape index (κ3) is 4.25. The van der Waals surface area contributed by atoms with E-state index in [0.717, 1.165) is 19.5 Å². The Morgan fingerprint density at radius 2 is 2.29 bits per heavy atom. The second-order valence-corrected chi connectivity index (χ2v) is 6.11. The Bertz CT molecular complexity index is 727. The van der Waals surface area contributed by atoms with Gasteiger partial charge in [0.1, 0.15) is 17.2 Å². The zero-order valence-electron chi connectivity index (χ0n) is 13.0. The molecule has 1 aliphatic rings. The summed E-state index contributed by atoms with van der Waals surface area (Å²) in [6.45, 7) is 2.27. The Morgan fingerprint density at radius 3 is 3.12 bits per heavy atom. The minimum Gasteiger partial charge on any atom is -0.390 e. The molecule has 0 saturated carbocycles. The van der Waals surface area contributed by atoms with E-state index in [2.05, 4.69) is 25.2 Å². The van der Waals surface area contributed by atoms with Crippen LogP contribution >= 0.6 is 11.6 Å². The van der Waals surface area contributed by atoms with Gasteiger partial charge in [-0.1, -0.05) is 11.6 Å². The molecule has 3 heterocycles. The van der Waals surface area contributed by atoms with Gasteiger partial charge in [-0.25, -0.2) is 9.97 Å². The first-order valence-corrected chi connectivity index (χ1v) is 8.07. The maximum Gasteiger partial charge on any atom is 0.270 e. The van der Waals surface area contributed by atoms with Gasteiger partial charge in [0, 0.05) is 44.6 Å². The number of hydrogen-bond acceptors (Lipinski definition) is 6. The maximum absolute atomic E-state index is 12.0. The van der Waals surface area contributed by atoms with Crippen LogP contribution in [0.3, 0.4) is 0 Å². The van der Waals surface area contributed by atoms with Crippen LogP contribution in [-0.4, -0.2) is 56.6 Å². The molecule has 1 amide bonds. The number of aromatic nitrogens is 3. The Hall–Kier alpha value is -2.09. The molecule has 126 valence electrons. The normalized spacial score (nSPS) is 15.6. The highest BCUT2D eigenvalue weighted by atomic mass is 35.5. The lowest BCUT2D eigenvalue weighted by atomic mass is 10.0. The first-order valence-electron chi connectivity index (χ1n) is 7.70. The molecule has 0 unspecified atom stereocenters. The largest absolute Gasteiger partial charge is 0.390 e. The molecule has 0 saturated heterocycles. The van der Waals surface area contributed by atoms with E-state index in [4.69, 9.17) is 11.6 Å². The van der Waals surface area contributed by atoms with Crippen molar-refractivity contribution >= 4 is 17.5 Å². The molecule has 0 aliphatic carbocycles. The zero-order chi connectivity index (χ0) is 16.9. The molecule has 1 atom stereocenters. The van der Waals surface area contributed by atoms with Crippen LogP contribution in [0.1, 0.15) is 21.6 Å². The fraction of sp³-hybridized carbons (Fsp3) is 0.375. The van der Waals surface area contributed by atoms with E-state index >= 15 is 0 Å².